The van der Waals surface area contributed by atoms with Crippen LogP contribution in [0.3, 0.4) is 0 Å². The van der Waals surface area contributed by atoms with Gasteiger partial charge >= 0.3 is 5.63 Å². The Morgan fingerprint density at radius 3 is 2.47 bits per heavy atom. The van der Waals surface area contributed by atoms with Gasteiger partial charge in [-0.1, -0.05) is 30.3 Å². The van der Waals surface area contributed by atoms with Crippen LogP contribution >= 0.6 is 0 Å². The largest absolute Gasteiger partial charge is 0.422 e. The number of nitrogens with zero attached hydrogens (tertiary/aromatic N) is 2. The monoisotopic (exact) mass is 402 g/mol. The van der Waals surface area contributed by atoms with Crippen LogP contribution in [0.25, 0.3) is 16.7 Å². The number of aromatic nitrogens is 2. The van der Waals surface area contributed by atoms with Crippen molar-refractivity contribution in [1.29, 1.82) is 0 Å². The van der Waals surface area contributed by atoms with E-state index in [1.54, 1.807) is 6.07 Å². The van der Waals surface area contributed by atoms with Crippen molar-refractivity contribution in [1.82, 2.24) is 9.78 Å². The standard InChI is InChI=1S/C25H27N3O2/c1-16-11-12-22-20(13-24(29)30-25(22)17(16)2)14-27(5)15-23-18(3)26-28(19(23)4)21-9-7-6-8-10-21/h6-13H,14-15H2,1-5H3/p+1. The fourth-order valence-electron chi connectivity index (χ4n) is 4.11. The second kappa shape index (κ2) is 7.92. The van der Waals surface area contributed by atoms with Gasteiger partial charge in [0.2, 0.25) is 0 Å². The van der Waals surface area contributed by atoms with Crippen molar-refractivity contribution in [2.24, 2.45) is 0 Å². The highest BCUT2D eigenvalue weighted by atomic mass is 16.4. The van der Waals surface area contributed by atoms with E-state index in [9.17, 15) is 4.79 Å². The zero-order valence-corrected chi connectivity index (χ0v) is 18.2. The highest BCUT2D eigenvalue weighted by Crippen LogP contribution is 2.23. The molecule has 0 amide bonds. The second-order valence-electron chi connectivity index (χ2n) is 8.18. The summed E-state index contributed by atoms with van der Waals surface area (Å²) in [7, 11) is 2.15. The normalized spacial score (nSPS) is 12.4. The first-order chi connectivity index (χ1) is 14.3. The molecule has 5 heteroatoms. The van der Waals surface area contributed by atoms with Crippen molar-refractivity contribution in [2.45, 2.75) is 40.8 Å². The summed E-state index contributed by atoms with van der Waals surface area (Å²) < 4.78 is 7.54. The summed E-state index contributed by atoms with van der Waals surface area (Å²) in [5, 5.41) is 5.78. The maximum absolute atomic E-state index is 12.2. The molecule has 154 valence electrons. The number of hydrogen-bond acceptors (Lipinski definition) is 3. The van der Waals surface area contributed by atoms with E-state index in [2.05, 4.69) is 45.2 Å². The van der Waals surface area contributed by atoms with Gasteiger partial charge < -0.3 is 9.32 Å². The Morgan fingerprint density at radius 2 is 1.73 bits per heavy atom. The van der Waals surface area contributed by atoms with Crippen LogP contribution in [-0.4, -0.2) is 16.8 Å². The van der Waals surface area contributed by atoms with Gasteiger partial charge in [0.25, 0.3) is 0 Å². The Morgan fingerprint density at radius 1 is 1.00 bits per heavy atom. The topological polar surface area (TPSA) is 52.5 Å². The maximum Gasteiger partial charge on any atom is 0.336 e. The van der Waals surface area contributed by atoms with E-state index in [0.29, 0.717) is 5.58 Å². The summed E-state index contributed by atoms with van der Waals surface area (Å²) in [5.41, 5.74) is 8.10. The molecule has 0 aliphatic rings. The van der Waals surface area contributed by atoms with E-state index < -0.39 is 0 Å². The second-order valence-corrected chi connectivity index (χ2v) is 8.18. The molecule has 0 aliphatic heterocycles. The van der Waals surface area contributed by atoms with Crippen LogP contribution in [0, 0.1) is 27.7 Å². The zero-order chi connectivity index (χ0) is 21.4. The van der Waals surface area contributed by atoms with E-state index in [-0.39, 0.29) is 5.63 Å². The highest BCUT2D eigenvalue weighted by Gasteiger charge is 2.18. The third kappa shape index (κ3) is 3.68. The number of rotatable bonds is 5. The third-order valence-corrected chi connectivity index (χ3v) is 5.93. The minimum absolute atomic E-state index is 0.289. The maximum atomic E-state index is 12.2. The van der Waals surface area contributed by atoms with Crippen LogP contribution in [0.15, 0.2) is 57.7 Å². The Labute approximate surface area is 176 Å². The fraction of sp³-hybridized carbons (Fsp3) is 0.280. The van der Waals surface area contributed by atoms with Crippen molar-refractivity contribution in [3.8, 4) is 5.69 Å². The molecule has 0 saturated heterocycles. The molecule has 0 spiro atoms. The quantitative estimate of drug-likeness (QED) is 0.521. The molecule has 1 atom stereocenters. The van der Waals surface area contributed by atoms with Crippen LogP contribution in [0.5, 0.6) is 0 Å². The predicted molar refractivity (Wildman–Crippen MR) is 119 cm³/mol. The highest BCUT2D eigenvalue weighted by molar-refractivity contribution is 5.83. The summed E-state index contributed by atoms with van der Waals surface area (Å²) in [6, 6.07) is 16.0. The molecule has 0 aliphatic carbocycles. The molecule has 30 heavy (non-hydrogen) atoms. The van der Waals surface area contributed by atoms with Gasteiger partial charge in [0.15, 0.2) is 0 Å². The lowest BCUT2D eigenvalue weighted by Crippen LogP contribution is -3.06. The van der Waals surface area contributed by atoms with Crippen LogP contribution in [0.2, 0.25) is 0 Å². The molecule has 2 aromatic carbocycles. The van der Waals surface area contributed by atoms with Crippen molar-refractivity contribution < 1.29 is 9.32 Å². The molecule has 2 heterocycles. The summed E-state index contributed by atoms with van der Waals surface area (Å²) in [5.74, 6) is 0. The average molecular weight is 403 g/mol. The van der Waals surface area contributed by atoms with Gasteiger partial charge in [-0.3, -0.25) is 0 Å². The Kier molecular flexibility index (Phi) is 5.31. The lowest BCUT2D eigenvalue weighted by Gasteiger charge is -2.16. The molecule has 4 rings (SSSR count). The smallest absolute Gasteiger partial charge is 0.336 e. The molecule has 2 aromatic heterocycles. The van der Waals surface area contributed by atoms with Gasteiger partial charge in [0.1, 0.15) is 18.7 Å². The molecule has 0 saturated carbocycles. The van der Waals surface area contributed by atoms with Gasteiger partial charge in [-0.05, 0) is 51.0 Å². The van der Waals surface area contributed by atoms with E-state index in [1.807, 2.05) is 36.7 Å². The average Bonchev–Trinajstić information content (AvgIpc) is 3.00. The number of aryl methyl sites for hydroxylation is 3. The molecular formula is C25H28N3O2+. The summed E-state index contributed by atoms with van der Waals surface area (Å²) in [6.07, 6.45) is 0. The van der Waals surface area contributed by atoms with Gasteiger partial charge in [-0.15, -0.1) is 0 Å². The number of hydrogen-bond donors (Lipinski definition) is 1. The van der Waals surface area contributed by atoms with Crippen molar-refractivity contribution in [3.05, 3.63) is 92.6 Å². The first kappa shape index (κ1) is 20.1. The van der Waals surface area contributed by atoms with Crippen molar-refractivity contribution in [2.75, 3.05) is 7.05 Å². The SMILES string of the molecule is Cc1ccc2c(C[NH+](C)Cc3c(C)nn(-c4ccccc4)c3C)cc(=O)oc2c1C. The van der Waals surface area contributed by atoms with Crippen LogP contribution < -0.4 is 10.5 Å². The summed E-state index contributed by atoms with van der Waals surface area (Å²) in [6.45, 7) is 9.79. The number of para-hydroxylation sites is 1. The lowest BCUT2D eigenvalue weighted by molar-refractivity contribution is -0.907. The minimum atomic E-state index is -0.289. The number of quaternary nitrogens is 1. The summed E-state index contributed by atoms with van der Waals surface area (Å²) in [4.78, 5) is 13.5. The molecular weight excluding hydrogens is 374 g/mol. The molecule has 0 bridgehead atoms. The van der Waals surface area contributed by atoms with Gasteiger partial charge in [-0.25, -0.2) is 9.48 Å². The van der Waals surface area contributed by atoms with Gasteiger partial charge in [-0.2, -0.15) is 5.10 Å². The molecule has 1 N–H and O–H groups in total. The number of benzene rings is 2. The number of fused-ring (bicyclic) bond motifs is 1. The van der Waals surface area contributed by atoms with Crippen molar-refractivity contribution in [3.63, 3.8) is 0 Å². The van der Waals surface area contributed by atoms with E-state index in [4.69, 9.17) is 9.52 Å². The molecule has 0 fully saturated rings. The first-order valence-corrected chi connectivity index (χ1v) is 10.3. The first-order valence-electron chi connectivity index (χ1n) is 10.3. The lowest BCUT2D eigenvalue weighted by atomic mass is 10.0. The van der Waals surface area contributed by atoms with Crippen molar-refractivity contribution >= 4 is 11.0 Å². The van der Waals surface area contributed by atoms with Crippen LogP contribution in [0.1, 0.15) is 33.6 Å². The molecule has 5 nitrogen and oxygen atoms in total. The minimum Gasteiger partial charge on any atom is -0.422 e. The Bertz CT molecular complexity index is 1270. The van der Waals surface area contributed by atoms with Gasteiger partial charge in [0, 0.05) is 17.0 Å². The van der Waals surface area contributed by atoms with E-state index >= 15 is 0 Å². The Hall–Kier alpha value is -3.18. The van der Waals surface area contributed by atoms with E-state index in [0.717, 1.165) is 52.2 Å². The molecule has 0 radical (unpaired) electrons. The van der Waals surface area contributed by atoms with E-state index in [1.165, 1.54) is 10.5 Å². The predicted octanol–water partition coefficient (Wildman–Crippen LogP) is 3.43. The third-order valence-electron chi connectivity index (χ3n) is 5.93. The van der Waals surface area contributed by atoms with Gasteiger partial charge in [0.05, 0.1) is 29.7 Å². The fourth-order valence-corrected chi connectivity index (χ4v) is 4.11. The molecule has 1 unspecified atom stereocenters. The van der Waals surface area contributed by atoms with Crippen LogP contribution in [0.4, 0.5) is 0 Å². The van der Waals surface area contributed by atoms with Crippen LogP contribution in [-0.2, 0) is 13.1 Å². The summed E-state index contributed by atoms with van der Waals surface area (Å²) >= 11 is 0. The molecule has 4 aromatic rings. The Balaban J connectivity index is 1.64. The number of nitrogens with one attached hydrogen (secondary N) is 1. The zero-order valence-electron chi connectivity index (χ0n) is 18.2.